The van der Waals surface area contributed by atoms with Gasteiger partial charge in [0.15, 0.2) is 0 Å². The van der Waals surface area contributed by atoms with Gasteiger partial charge in [0, 0.05) is 13.1 Å². The molecule has 2 saturated carbocycles. The van der Waals surface area contributed by atoms with Crippen molar-refractivity contribution in [3.8, 4) is 0 Å². The summed E-state index contributed by atoms with van der Waals surface area (Å²) in [6, 6.07) is 11.3. The van der Waals surface area contributed by atoms with Gasteiger partial charge in [0.1, 0.15) is 23.7 Å². The first-order valence-corrected chi connectivity index (χ1v) is 27.6. The maximum Gasteiger partial charge on any atom is 0.407 e. The van der Waals surface area contributed by atoms with Gasteiger partial charge < -0.3 is 39.9 Å². The number of H-pyrrole nitrogens is 2. The Morgan fingerprint density at radius 2 is 1.26 bits per heavy atom. The number of aromatic amines is 2. The molecule has 2 aromatic carbocycles. The van der Waals surface area contributed by atoms with Crippen LogP contribution in [0.3, 0.4) is 0 Å². The summed E-state index contributed by atoms with van der Waals surface area (Å²) in [5.74, 6) is 3.36. The summed E-state index contributed by atoms with van der Waals surface area (Å²) < 4.78 is 9.82. The summed E-state index contributed by atoms with van der Waals surface area (Å²) in [4.78, 5) is 75.0. The van der Waals surface area contributed by atoms with Crippen LogP contribution in [0.5, 0.6) is 0 Å². The highest BCUT2D eigenvalue weighted by Gasteiger charge is 2.51. The molecular formula is C60H80N8O6. The van der Waals surface area contributed by atoms with E-state index in [0.717, 1.165) is 103 Å². The third-order valence-corrected chi connectivity index (χ3v) is 17.5. The molecule has 0 spiro atoms. The first-order valence-electron chi connectivity index (χ1n) is 27.6. The number of imidazole rings is 2. The van der Waals surface area contributed by atoms with Crippen molar-refractivity contribution in [3.05, 3.63) is 94.6 Å². The van der Waals surface area contributed by atoms with E-state index in [0.29, 0.717) is 48.6 Å². The predicted octanol–water partition coefficient (Wildman–Crippen LogP) is 12.0. The van der Waals surface area contributed by atoms with E-state index in [4.69, 9.17) is 19.4 Å². The molecule has 4 heterocycles. The molecule has 396 valence electrons. The Hall–Kier alpha value is -6.18. The van der Waals surface area contributed by atoms with Crippen molar-refractivity contribution in [2.45, 2.75) is 144 Å². The first kappa shape index (κ1) is 52.7. The normalized spacial score (nSPS) is 28.6. The highest BCUT2D eigenvalue weighted by Crippen LogP contribution is 2.51. The second kappa shape index (κ2) is 22.3. The zero-order valence-electron chi connectivity index (χ0n) is 45.4. The lowest BCUT2D eigenvalue weighted by Gasteiger charge is -2.31. The van der Waals surface area contributed by atoms with Crippen molar-refractivity contribution in [3.63, 3.8) is 0 Å². The second-order valence-electron chi connectivity index (χ2n) is 22.9. The number of benzene rings is 2. The maximum atomic E-state index is 14.3. The minimum absolute atomic E-state index is 0.0838. The molecule has 4 fully saturated rings. The Labute approximate surface area is 437 Å². The number of nitrogens with one attached hydrogen (secondary N) is 4. The first-order chi connectivity index (χ1) is 35.6. The van der Waals surface area contributed by atoms with Crippen molar-refractivity contribution < 1.29 is 28.7 Å². The number of rotatable bonds is 10. The summed E-state index contributed by atoms with van der Waals surface area (Å²) in [5.41, 5.74) is 11.1. The molecule has 0 bridgehead atoms. The van der Waals surface area contributed by atoms with E-state index in [-0.39, 0.29) is 35.7 Å². The number of aromatic nitrogens is 4. The zero-order valence-corrected chi connectivity index (χ0v) is 45.4. The Balaban J connectivity index is 0.975. The monoisotopic (exact) mass is 1010 g/mol. The topological polar surface area (TPSA) is 175 Å². The third kappa shape index (κ3) is 10.7. The minimum Gasteiger partial charge on any atom is -0.453 e. The van der Waals surface area contributed by atoms with Gasteiger partial charge in [0.05, 0.1) is 48.4 Å². The van der Waals surface area contributed by atoms with E-state index >= 15 is 0 Å². The van der Waals surface area contributed by atoms with Crippen LogP contribution in [0.1, 0.15) is 154 Å². The van der Waals surface area contributed by atoms with Gasteiger partial charge in [-0.1, -0.05) is 96.4 Å². The van der Waals surface area contributed by atoms with Crippen LogP contribution in [0.25, 0.3) is 33.2 Å². The molecule has 2 aromatic heterocycles. The number of allylic oxidation sites excluding steroid dienone is 8. The number of alkyl carbamates (subject to hydrolysis) is 2. The zero-order chi connectivity index (χ0) is 52.5. The molecular weight excluding hydrogens is 929 g/mol. The van der Waals surface area contributed by atoms with Crippen LogP contribution in [0.15, 0.2) is 71.8 Å². The standard InChI is InChI=1S/C60H80N8O6/c1-11-38-21-23-39(37(8)40-24-26-47-49(29-40)63-55(61-47)53-44-16-12-14-42(44)31-67(53)57(69)51(33(2)3)65-59(71)73-9)22-19-35(6)18-20-36(7)46(28-38)41-25-27-48-50(30-41)64-56(62-48)54-45-17-13-15-43(45)32-68(54)58(70)52(34(4)5)66-60(72)74-10/h11,19,22,24-30,33-36,42-45,51-54H,12-18,20-21,23,31-32H2,1-10H3,(H,61,63)(H,62,64)(H,65,71)(H,66,72)/b22-19-,38-11-,39-37-,46-28+/t35-,36-,42?,43?,44?,45?,51+,52+,53+,54+/m1/s1. The van der Waals surface area contributed by atoms with E-state index in [2.05, 4.69) is 109 Å². The fourth-order valence-electron chi connectivity index (χ4n) is 13.2. The second-order valence-corrected chi connectivity index (χ2v) is 22.9. The minimum atomic E-state index is -0.693. The van der Waals surface area contributed by atoms with E-state index in [1.807, 2.05) is 37.5 Å². The molecule has 4 aromatic rings. The highest BCUT2D eigenvalue weighted by molar-refractivity contribution is 5.88. The summed E-state index contributed by atoms with van der Waals surface area (Å²) in [7, 11) is 2.65. The smallest absolute Gasteiger partial charge is 0.407 e. The van der Waals surface area contributed by atoms with Crippen LogP contribution >= 0.6 is 0 Å². The Morgan fingerprint density at radius 3 is 1.78 bits per heavy atom. The van der Waals surface area contributed by atoms with E-state index < -0.39 is 24.3 Å². The predicted molar refractivity (Wildman–Crippen MR) is 291 cm³/mol. The van der Waals surface area contributed by atoms with Gasteiger partial charge in [-0.25, -0.2) is 19.6 Å². The van der Waals surface area contributed by atoms with Crippen LogP contribution in [0.2, 0.25) is 0 Å². The average molecular weight is 1010 g/mol. The lowest BCUT2D eigenvalue weighted by molar-refractivity contribution is -0.136. The summed E-state index contributed by atoms with van der Waals surface area (Å²) in [5, 5.41) is 5.63. The molecule has 4 N–H and O–H groups in total. The average Bonchev–Trinajstić information content (AvgIpc) is 4.26. The van der Waals surface area contributed by atoms with Gasteiger partial charge in [-0.05, 0) is 165 Å². The highest BCUT2D eigenvalue weighted by atomic mass is 16.5. The van der Waals surface area contributed by atoms with Crippen LogP contribution < -0.4 is 10.6 Å². The number of amides is 4. The molecule has 2 saturated heterocycles. The number of nitrogens with zero attached hydrogens (tertiary/aromatic N) is 4. The van der Waals surface area contributed by atoms with Crippen molar-refractivity contribution in [1.82, 2.24) is 40.4 Å². The van der Waals surface area contributed by atoms with E-state index in [1.54, 1.807) is 0 Å². The van der Waals surface area contributed by atoms with Crippen molar-refractivity contribution in [1.29, 1.82) is 0 Å². The molecule has 0 radical (unpaired) electrons. The molecule has 14 nitrogen and oxygen atoms in total. The number of hydrogen-bond acceptors (Lipinski definition) is 8. The number of carbonyl (C=O) groups is 4. The summed E-state index contributed by atoms with van der Waals surface area (Å²) in [6.07, 6.45) is 18.6. The fraction of sp³-hybridized carbons (Fsp3) is 0.567. The summed E-state index contributed by atoms with van der Waals surface area (Å²) >= 11 is 0. The number of fused-ring (bicyclic) bond motifs is 4. The van der Waals surface area contributed by atoms with E-state index in [9.17, 15) is 19.2 Å². The lowest BCUT2D eigenvalue weighted by atomic mass is 9.85. The Morgan fingerprint density at radius 1 is 0.716 bits per heavy atom. The van der Waals surface area contributed by atoms with Gasteiger partial charge in [-0.2, -0.15) is 0 Å². The number of hydrogen-bond donors (Lipinski definition) is 4. The fourth-order valence-corrected chi connectivity index (χ4v) is 13.2. The van der Waals surface area contributed by atoms with Gasteiger partial charge >= 0.3 is 12.2 Å². The SMILES string of the molecule is C/C=C1\C=C(\c2ccc3nc([C@@H]4C5CCCC5CN4C(=O)[C@@H](NC(=O)OC)C(C)C)[nH]c3c2)[C@H](C)CC[C@@H](C)/C=C\C(=C(/C)c2ccc3nc([C@@H]4C5CCCC5CN4C(=O)[C@@H](NC(=O)OC)C(C)C)[nH]c3c2)CC1. The summed E-state index contributed by atoms with van der Waals surface area (Å²) in [6.45, 7) is 18.2. The molecule has 3 aliphatic carbocycles. The molecule has 5 aliphatic rings. The molecule has 10 atom stereocenters. The maximum absolute atomic E-state index is 14.3. The van der Waals surface area contributed by atoms with Gasteiger partial charge in [0.2, 0.25) is 11.8 Å². The van der Waals surface area contributed by atoms with Crippen molar-refractivity contribution >= 4 is 57.2 Å². The van der Waals surface area contributed by atoms with Crippen molar-refractivity contribution in [2.24, 2.45) is 47.3 Å². The Bertz CT molecular complexity index is 2870. The van der Waals surface area contributed by atoms with Gasteiger partial charge in [-0.15, -0.1) is 0 Å². The lowest BCUT2D eigenvalue weighted by Crippen LogP contribution is -2.51. The van der Waals surface area contributed by atoms with Crippen molar-refractivity contribution in [2.75, 3.05) is 27.3 Å². The molecule has 74 heavy (non-hydrogen) atoms. The third-order valence-electron chi connectivity index (χ3n) is 17.5. The molecule has 2 aliphatic heterocycles. The van der Waals surface area contributed by atoms with E-state index in [1.165, 1.54) is 42.1 Å². The van der Waals surface area contributed by atoms with Crippen LogP contribution in [-0.2, 0) is 19.1 Å². The molecule has 4 unspecified atom stereocenters. The van der Waals surface area contributed by atoms with Crippen LogP contribution in [0.4, 0.5) is 9.59 Å². The number of carbonyl (C=O) groups excluding carboxylic acids is 4. The van der Waals surface area contributed by atoms with Crippen LogP contribution in [-0.4, -0.2) is 93.1 Å². The number of methoxy groups -OCH3 is 2. The number of likely N-dealkylation sites (tertiary alicyclic amines) is 2. The van der Waals surface area contributed by atoms with Crippen LogP contribution in [0, 0.1) is 47.3 Å². The Kier molecular flexibility index (Phi) is 15.9. The molecule has 4 amide bonds. The van der Waals surface area contributed by atoms with Gasteiger partial charge in [0.25, 0.3) is 0 Å². The number of ether oxygens (including phenoxy) is 2. The molecule has 9 rings (SSSR count). The largest absolute Gasteiger partial charge is 0.453 e. The quantitative estimate of drug-likeness (QED) is 0.121. The van der Waals surface area contributed by atoms with Gasteiger partial charge in [-0.3, -0.25) is 9.59 Å². The molecule has 14 heteroatoms.